The Labute approximate surface area is 99.6 Å². The number of nitrogens with one attached hydrogen (secondary N) is 1. The van der Waals surface area contributed by atoms with E-state index in [9.17, 15) is 4.79 Å². The molecule has 0 radical (unpaired) electrons. The fourth-order valence-electron chi connectivity index (χ4n) is 2.18. The predicted molar refractivity (Wildman–Crippen MR) is 67.4 cm³/mol. The van der Waals surface area contributed by atoms with Gasteiger partial charge in [0.2, 0.25) is 5.91 Å². The van der Waals surface area contributed by atoms with Crippen LogP contribution in [0.1, 0.15) is 53.4 Å². The molecule has 0 aromatic carbocycles. The van der Waals surface area contributed by atoms with Crippen LogP contribution in [-0.2, 0) is 4.79 Å². The molecule has 0 unspecified atom stereocenters. The third-order valence-corrected chi connectivity index (χ3v) is 3.90. The van der Waals surface area contributed by atoms with Gasteiger partial charge in [0.05, 0.1) is 0 Å². The molecule has 1 fully saturated rings. The lowest BCUT2D eigenvalue weighted by Crippen LogP contribution is -2.51. The second-order valence-corrected chi connectivity index (χ2v) is 5.35. The van der Waals surface area contributed by atoms with Crippen molar-refractivity contribution >= 4 is 5.91 Å². The number of hydrogen-bond donors (Lipinski definition) is 1. The van der Waals surface area contributed by atoms with Gasteiger partial charge in [-0.15, -0.1) is 0 Å². The van der Waals surface area contributed by atoms with Gasteiger partial charge in [0, 0.05) is 31.1 Å². The lowest BCUT2D eigenvalue weighted by Gasteiger charge is -2.42. The van der Waals surface area contributed by atoms with Gasteiger partial charge < -0.3 is 5.32 Å². The van der Waals surface area contributed by atoms with Crippen LogP contribution >= 0.6 is 0 Å². The van der Waals surface area contributed by atoms with Crippen LogP contribution < -0.4 is 5.32 Å². The predicted octanol–water partition coefficient (Wildman–Crippen LogP) is 2.17. The standard InChI is InChI=1S/C13H26N2O/c1-5-12(16)14-11-7-9-15(10-8-11)13(3,4)6-2/h11H,5-10H2,1-4H3,(H,14,16). The fraction of sp³-hybridized carbons (Fsp3) is 0.923. The first kappa shape index (κ1) is 13.5. The number of carbonyl (C=O) groups is 1. The quantitative estimate of drug-likeness (QED) is 0.797. The van der Waals surface area contributed by atoms with E-state index >= 15 is 0 Å². The molecule has 94 valence electrons. The number of likely N-dealkylation sites (tertiary alicyclic amines) is 1. The van der Waals surface area contributed by atoms with E-state index in [1.165, 1.54) is 6.42 Å². The molecule has 0 atom stereocenters. The molecule has 16 heavy (non-hydrogen) atoms. The Morgan fingerprint density at radius 1 is 1.31 bits per heavy atom. The number of carbonyl (C=O) groups excluding carboxylic acids is 1. The molecule has 3 heteroatoms. The molecule has 1 N–H and O–H groups in total. The summed E-state index contributed by atoms with van der Waals surface area (Å²) in [6.45, 7) is 11.0. The van der Waals surface area contributed by atoms with Gasteiger partial charge in [0.15, 0.2) is 0 Å². The smallest absolute Gasteiger partial charge is 0.219 e. The summed E-state index contributed by atoms with van der Waals surface area (Å²) in [5.74, 6) is 0.188. The minimum atomic E-state index is 0.188. The van der Waals surface area contributed by atoms with Gasteiger partial charge >= 0.3 is 0 Å². The molecule has 1 saturated heterocycles. The SMILES string of the molecule is CCC(=O)NC1CCN(C(C)(C)CC)CC1. The van der Waals surface area contributed by atoms with Crippen molar-refractivity contribution in [1.29, 1.82) is 0 Å². The molecule has 1 rings (SSSR count). The maximum absolute atomic E-state index is 11.3. The summed E-state index contributed by atoms with van der Waals surface area (Å²) in [6.07, 6.45) is 3.96. The zero-order chi connectivity index (χ0) is 12.2. The van der Waals surface area contributed by atoms with Gasteiger partial charge in [-0.1, -0.05) is 13.8 Å². The highest BCUT2D eigenvalue weighted by molar-refractivity contribution is 5.75. The first-order valence-corrected chi connectivity index (χ1v) is 6.54. The maximum Gasteiger partial charge on any atom is 0.219 e. The van der Waals surface area contributed by atoms with Crippen LogP contribution in [0.3, 0.4) is 0 Å². The minimum Gasteiger partial charge on any atom is -0.353 e. The summed E-state index contributed by atoms with van der Waals surface area (Å²) < 4.78 is 0. The molecule has 0 bridgehead atoms. The van der Waals surface area contributed by atoms with Crippen molar-refractivity contribution in [3.8, 4) is 0 Å². The van der Waals surface area contributed by atoms with E-state index in [2.05, 4.69) is 31.0 Å². The number of rotatable bonds is 4. The van der Waals surface area contributed by atoms with E-state index in [1.54, 1.807) is 0 Å². The molecule has 0 saturated carbocycles. The van der Waals surface area contributed by atoms with E-state index in [1.807, 2.05) is 6.92 Å². The minimum absolute atomic E-state index is 0.188. The molecular weight excluding hydrogens is 200 g/mol. The number of amides is 1. The van der Waals surface area contributed by atoms with E-state index in [-0.39, 0.29) is 5.91 Å². The molecule has 1 heterocycles. The Kier molecular flexibility index (Phi) is 4.78. The molecular formula is C13H26N2O. The topological polar surface area (TPSA) is 32.3 Å². The molecule has 0 aliphatic carbocycles. The van der Waals surface area contributed by atoms with Crippen molar-refractivity contribution in [2.45, 2.75) is 65.0 Å². The van der Waals surface area contributed by atoms with Crippen LogP contribution in [0.4, 0.5) is 0 Å². The largest absolute Gasteiger partial charge is 0.353 e. The lowest BCUT2D eigenvalue weighted by molar-refractivity contribution is -0.121. The van der Waals surface area contributed by atoms with Crippen molar-refractivity contribution in [1.82, 2.24) is 10.2 Å². The van der Waals surface area contributed by atoms with Crippen molar-refractivity contribution in [3.63, 3.8) is 0 Å². The van der Waals surface area contributed by atoms with Gasteiger partial charge in [-0.3, -0.25) is 9.69 Å². The molecule has 0 aromatic rings. The Hall–Kier alpha value is -0.570. The van der Waals surface area contributed by atoms with Crippen LogP contribution in [0.2, 0.25) is 0 Å². The fourth-order valence-corrected chi connectivity index (χ4v) is 2.18. The van der Waals surface area contributed by atoms with Crippen LogP contribution in [-0.4, -0.2) is 35.5 Å². The van der Waals surface area contributed by atoms with E-state index in [4.69, 9.17) is 0 Å². The van der Waals surface area contributed by atoms with Crippen molar-refractivity contribution in [2.75, 3.05) is 13.1 Å². The first-order valence-electron chi connectivity index (χ1n) is 6.54. The molecule has 0 spiro atoms. The van der Waals surface area contributed by atoms with Crippen LogP contribution in [0.15, 0.2) is 0 Å². The third kappa shape index (κ3) is 3.48. The van der Waals surface area contributed by atoms with E-state index in [0.717, 1.165) is 25.9 Å². The summed E-state index contributed by atoms with van der Waals surface area (Å²) in [5, 5.41) is 3.09. The summed E-state index contributed by atoms with van der Waals surface area (Å²) in [5.41, 5.74) is 0.305. The summed E-state index contributed by atoms with van der Waals surface area (Å²) in [6, 6.07) is 0.399. The van der Waals surface area contributed by atoms with Gasteiger partial charge in [-0.05, 0) is 33.1 Å². The molecule has 0 aromatic heterocycles. The van der Waals surface area contributed by atoms with Crippen LogP contribution in [0.25, 0.3) is 0 Å². The average Bonchev–Trinajstić information content (AvgIpc) is 2.29. The summed E-state index contributed by atoms with van der Waals surface area (Å²) in [7, 11) is 0. The van der Waals surface area contributed by atoms with Gasteiger partial charge in [-0.25, -0.2) is 0 Å². The Balaban J connectivity index is 2.37. The van der Waals surface area contributed by atoms with Crippen LogP contribution in [0, 0.1) is 0 Å². The highest BCUT2D eigenvalue weighted by Gasteiger charge is 2.29. The third-order valence-electron chi connectivity index (χ3n) is 3.90. The van der Waals surface area contributed by atoms with Gasteiger partial charge in [0.25, 0.3) is 0 Å². The van der Waals surface area contributed by atoms with Crippen molar-refractivity contribution in [2.24, 2.45) is 0 Å². The average molecular weight is 226 g/mol. The van der Waals surface area contributed by atoms with E-state index in [0.29, 0.717) is 18.0 Å². The summed E-state index contributed by atoms with van der Waals surface area (Å²) >= 11 is 0. The maximum atomic E-state index is 11.3. The molecule has 1 aliphatic heterocycles. The number of piperidine rings is 1. The monoisotopic (exact) mass is 226 g/mol. The van der Waals surface area contributed by atoms with Gasteiger partial charge in [-0.2, -0.15) is 0 Å². The van der Waals surface area contributed by atoms with Gasteiger partial charge in [0.1, 0.15) is 0 Å². The Morgan fingerprint density at radius 2 is 1.88 bits per heavy atom. The normalized spacial score (nSPS) is 19.8. The lowest BCUT2D eigenvalue weighted by atomic mass is 9.94. The van der Waals surface area contributed by atoms with Crippen molar-refractivity contribution < 1.29 is 4.79 Å². The molecule has 1 aliphatic rings. The van der Waals surface area contributed by atoms with E-state index < -0.39 is 0 Å². The second-order valence-electron chi connectivity index (χ2n) is 5.35. The zero-order valence-corrected chi connectivity index (χ0v) is 11.2. The highest BCUT2D eigenvalue weighted by Crippen LogP contribution is 2.23. The summed E-state index contributed by atoms with van der Waals surface area (Å²) in [4.78, 5) is 13.8. The zero-order valence-electron chi connectivity index (χ0n) is 11.2. The second kappa shape index (κ2) is 5.67. The first-order chi connectivity index (χ1) is 7.49. The Bertz CT molecular complexity index is 230. The van der Waals surface area contributed by atoms with Crippen molar-refractivity contribution in [3.05, 3.63) is 0 Å². The number of nitrogens with zero attached hydrogens (tertiary/aromatic N) is 1. The molecule has 1 amide bonds. The Morgan fingerprint density at radius 3 is 2.31 bits per heavy atom. The highest BCUT2D eigenvalue weighted by atomic mass is 16.1. The number of hydrogen-bond acceptors (Lipinski definition) is 2. The van der Waals surface area contributed by atoms with Crippen LogP contribution in [0.5, 0.6) is 0 Å². The molecule has 3 nitrogen and oxygen atoms in total.